The van der Waals surface area contributed by atoms with Crippen LogP contribution in [-0.4, -0.2) is 6.04 Å². The van der Waals surface area contributed by atoms with Crippen LogP contribution in [0.15, 0.2) is 46.9 Å². The lowest BCUT2D eigenvalue weighted by Crippen LogP contribution is -2.34. The summed E-state index contributed by atoms with van der Waals surface area (Å²) in [6, 6.07) is 16.4. The van der Waals surface area contributed by atoms with Crippen molar-refractivity contribution in [2.75, 3.05) is 5.32 Å². The molecule has 0 atom stereocenters. The van der Waals surface area contributed by atoms with Gasteiger partial charge in [0.15, 0.2) is 0 Å². The Morgan fingerprint density at radius 1 is 1.19 bits per heavy atom. The molecule has 21 heavy (non-hydrogen) atoms. The summed E-state index contributed by atoms with van der Waals surface area (Å²) in [6.45, 7) is 0. The maximum Gasteiger partial charge on any atom is 0.101 e. The fourth-order valence-corrected chi connectivity index (χ4v) is 3.28. The van der Waals surface area contributed by atoms with E-state index in [4.69, 9.17) is 16.9 Å². The fraction of sp³-hybridized carbons (Fsp3) is 0.235. The molecule has 0 spiro atoms. The van der Waals surface area contributed by atoms with E-state index < -0.39 is 0 Å². The fourth-order valence-electron chi connectivity index (χ4n) is 2.72. The minimum Gasteiger partial charge on any atom is -0.381 e. The average Bonchev–Trinajstić information content (AvgIpc) is 2.42. The highest BCUT2D eigenvalue weighted by Crippen LogP contribution is 2.39. The first-order valence-corrected chi connectivity index (χ1v) is 8.04. The van der Waals surface area contributed by atoms with Crippen molar-refractivity contribution in [3.8, 4) is 6.07 Å². The predicted octanol–water partition coefficient (Wildman–Crippen LogP) is 5.33. The zero-order chi connectivity index (χ0) is 14.8. The van der Waals surface area contributed by atoms with Gasteiger partial charge in [-0.2, -0.15) is 5.26 Å². The van der Waals surface area contributed by atoms with Gasteiger partial charge in [-0.15, -0.1) is 0 Å². The van der Waals surface area contributed by atoms with Crippen LogP contribution in [0.3, 0.4) is 0 Å². The van der Waals surface area contributed by atoms with Crippen LogP contribution in [0, 0.1) is 11.3 Å². The van der Waals surface area contributed by atoms with Crippen molar-refractivity contribution in [2.45, 2.75) is 24.8 Å². The molecule has 1 aliphatic rings. The zero-order valence-corrected chi connectivity index (χ0v) is 13.7. The van der Waals surface area contributed by atoms with Gasteiger partial charge in [0, 0.05) is 15.5 Å². The Bertz CT molecular complexity index is 702. The molecule has 0 aromatic heterocycles. The Kier molecular flexibility index (Phi) is 4.19. The normalized spacial score (nSPS) is 20.4. The molecule has 2 nitrogen and oxygen atoms in total. The number of nitrogens with one attached hydrogen (secondary N) is 1. The molecule has 1 aliphatic carbocycles. The highest BCUT2D eigenvalue weighted by Gasteiger charge is 2.30. The highest BCUT2D eigenvalue weighted by atomic mass is 79.9. The number of halogens is 2. The standard InChI is InChI=1S/C17H14BrClN2/c18-14-5-4-12(10-20)17(9-14)21-16-7-13(8-16)11-2-1-3-15(19)6-11/h1-6,9,13,16,21H,7-8H2. The van der Waals surface area contributed by atoms with E-state index in [0.717, 1.165) is 28.0 Å². The smallest absolute Gasteiger partial charge is 0.101 e. The van der Waals surface area contributed by atoms with Gasteiger partial charge in [-0.3, -0.25) is 0 Å². The molecule has 106 valence electrons. The van der Waals surface area contributed by atoms with Gasteiger partial charge in [0.05, 0.1) is 11.3 Å². The van der Waals surface area contributed by atoms with E-state index in [1.807, 2.05) is 36.4 Å². The number of rotatable bonds is 3. The second kappa shape index (κ2) is 6.09. The predicted molar refractivity (Wildman–Crippen MR) is 89.7 cm³/mol. The van der Waals surface area contributed by atoms with E-state index in [9.17, 15) is 0 Å². The first kappa shape index (κ1) is 14.4. The van der Waals surface area contributed by atoms with Crippen molar-refractivity contribution in [1.29, 1.82) is 5.26 Å². The molecule has 0 radical (unpaired) electrons. The second-order valence-electron chi connectivity index (χ2n) is 5.37. The molecular formula is C17H14BrClN2. The maximum atomic E-state index is 9.15. The van der Waals surface area contributed by atoms with Crippen molar-refractivity contribution in [3.63, 3.8) is 0 Å². The number of anilines is 1. The molecule has 4 heteroatoms. The monoisotopic (exact) mass is 360 g/mol. The Morgan fingerprint density at radius 2 is 2.00 bits per heavy atom. The van der Waals surface area contributed by atoms with Crippen LogP contribution in [0.2, 0.25) is 5.02 Å². The third kappa shape index (κ3) is 3.23. The van der Waals surface area contributed by atoms with Crippen LogP contribution in [0.5, 0.6) is 0 Å². The third-order valence-electron chi connectivity index (χ3n) is 3.92. The summed E-state index contributed by atoms with van der Waals surface area (Å²) in [5, 5.41) is 13.4. The quantitative estimate of drug-likeness (QED) is 0.801. The molecule has 0 amide bonds. The van der Waals surface area contributed by atoms with Crippen molar-refractivity contribution in [1.82, 2.24) is 0 Å². The lowest BCUT2D eigenvalue weighted by molar-refractivity contribution is 0.374. The van der Waals surface area contributed by atoms with E-state index in [2.05, 4.69) is 33.4 Å². The first-order valence-electron chi connectivity index (χ1n) is 6.87. The Hall–Kier alpha value is -1.50. The van der Waals surface area contributed by atoms with Crippen molar-refractivity contribution in [2.24, 2.45) is 0 Å². The average molecular weight is 362 g/mol. The van der Waals surface area contributed by atoms with Crippen LogP contribution in [0.1, 0.15) is 29.9 Å². The SMILES string of the molecule is N#Cc1ccc(Br)cc1NC1CC(c2cccc(Cl)c2)C1. The Balaban J connectivity index is 1.65. The van der Waals surface area contributed by atoms with E-state index in [1.165, 1.54) is 5.56 Å². The van der Waals surface area contributed by atoms with E-state index >= 15 is 0 Å². The second-order valence-corrected chi connectivity index (χ2v) is 6.72. The van der Waals surface area contributed by atoms with Gasteiger partial charge in [0.1, 0.15) is 6.07 Å². The van der Waals surface area contributed by atoms with Crippen LogP contribution in [0.4, 0.5) is 5.69 Å². The van der Waals surface area contributed by atoms with E-state index in [0.29, 0.717) is 17.5 Å². The van der Waals surface area contributed by atoms with Crippen LogP contribution in [-0.2, 0) is 0 Å². The van der Waals surface area contributed by atoms with Gasteiger partial charge in [0.2, 0.25) is 0 Å². The summed E-state index contributed by atoms with van der Waals surface area (Å²) in [7, 11) is 0. The third-order valence-corrected chi connectivity index (χ3v) is 4.65. The van der Waals surface area contributed by atoms with Crippen LogP contribution < -0.4 is 5.32 Å². The molecular weight excluding hydrogens is 348 g/mol. The molecule has 0 aliphatic heterocycles. The molecule has 1 saturated carbocycles. The van der Waals surface area contributed by atoms with Gasteiger partial charge in [-0.1, -0.05) is 39.7 Å². The molecule has 0 saturated heterocycles. The number of nitrogens with zero attached hydrogens (tertiary/aromatic N) is 1. The first-order chi connectivity index (χ1) is 10.2. The van der Waals surface area contributed by atoms with E-state index in [-0.39, 0.29) is 0 Å². The summed E-state index contributed by atoms with van der Waals surface area (Å²) < 4.78 is 0.981. The Morgan fingerprint density at radius 3 is 2.71 bits per heavy atom. The van der Waals surface area contributed by atoms with Crippen molar-refractivity contribution < 1.29 is 0 Å². The molecule has 0 bridgehead atoms. The Labute approximate surface area is 137 Å². The summed E-state index contributed by atoms with van der Waals surface area (Å²) >= 11 is 9.48. The van der Waals surface area contributed by atoms with Gasteiger partial charge < -0.3 is 5.32 Å². The minimum absolute atomic E-state index is 0.412. The van der Waals surface area contributed by atoms with Gasteiger partial charge in [-0.05, 0) is 54.7 Å². The maximum absolute atomic E-state index is 9.15. The number of hydrogen-bond acceptors (Lipinski definition) is 2. The van der Waals surface area contributed by atoms with Gasteiger partial charge >= 0.3 is 0 Å². The number of nitriles is 1. The topological polar surface area (TPSA) is 35.8 Å². The summed E-state index contributed by atoms with van der Waals surface area (Å²) in [5.41, 5.74) is 2.89. The number of benzene rings is 2. The summed E-state index contributed by atoms with van der Waals surface area (Å²) in [5.74, 6) is 0.555. The van der Waals surface area contributed by atoms with Crippen LogP contribution in [0.25, 0.3) is 0 Å². The lowest BCUT2D eigenvalue weighted by atomic mass is 9.76. The molecule has 1 N–H and O–H groups in total. The van der Waals surface area contributed by atoms with Gasteiger partial charge in [-0.25, -0.2) is 0 Å². The molecule has 3 rings (SSSR count). The molecule has 1 fully saturated rings. The van der Waals surface area contributed by atoms with Crippen LogP contribution >= 0.6 is 27.5 Å². The molecule has 0 unspecified atom stereocenters. The van der Waals surface area contributed by atoms with Crippen molar-refractivity contribution in [3.05, 3.63) is 63.1 Å². The highest BCUT2D eigenvalue weighted by molar-refractivity contribution is 9.10. The minimum atomic E-state index is 0.412. The number of hydrogen-bond donors (Lipinski definition) is 1. The van der Waals surface area contributed by atoms with Crippen molar-refractivity contribution >= 4 is 33.2 Å². The summed E-state index contributed by atoms with van der Waals surface area (Å²) in [6.07, 6.45) is 2.13. The molecule has 2 aromatic rings. The largest absolute Gasteiger partial charge is 0.381 e. The molecule has 2 aromatic carbocycles. The van der Waals surface area contributed by atoms with E-state index in [1.54, 1.807) is 0 Å². The zero-order valence-electron chi connectivity index (χ0n) is 11.3. The van der Waals surface area contributed by atoms with Gasteiger partial charge in [0.25, 0.3) is 0 Å². The summed E-state index contributed by atoms with van der Waals surface area (Å²) in [4.78, 5) is 0. The molecule has 0 heterocycles. The lowest BCUT2D eigenvalue weighted by Gasteiger charge is -2.37.